The smallest absolute Gasteiger partial charge is 0.127 e. The van der Waals surface area contributed by atoms with Crippen LogP contribution in [0, 0.1) is 5.82 Å². The molecule has 0 saturated carbocycles. The van der Waals surface area contributed by atoms with Crippen LogP contribution in [0.25, 0.3) is 0 Å². The van der Waals surface area contributed by atoms with E-state index in [1.54, 1.807) is 13.2 Å². The molecule has 1 aliphatic rings. The van der Waals surface area contributed by atoms with E-state index in [1.165, 1.54) is 17.2 Å². The molecule has 0 fully saturated rings. The van der Waals surface area contributed by atoms with Crippen LogP contribution in [-0.2, 0) is 13.0 Å². The molecule has 2 aromatic rings. The fourth-order valence-corrected chi connectivity index (χ4v) is 3.00. The van der Waals surface area contributed by atoms with Gasteiger partial charge in [-0.2, -0.15) is 0 Å². The van der Waals surface area contributed by atoms with Crippen LogP contribution in [-0.4, -0.2) is 7.11 Å². The lowest BCUT2D eigenvalue weighted by atomic mass is 9.87. The first-order valence-electron chi connectivity index (χ1n) is 7.41. The Labute approximate surface area is 125 Å². The summed E-state index contributed by atoms with van der Waals surface area (Å²) in [7, 11) is 1.69. The molecule has 0 amide bonds. The molecule has 3 heteroatoms. The van der Waals surface area contributed by atoms with E-state index >= 15 is 0 Å². The van der Waals surface area contributed by atoms with Gasteiger partial charge >= 0.3 is 0 Å². The molecule has 2 nitrogen and oxygen atoms in total. The van der Waals surface area contributed by atoms with E-state index in [1.807, 2.05) is 18.2 Å². The molecule has 21 heavy (non-hydrogen) atoms. The van der Waals surface area contributed by atoms with E-state index in [0.717, 1.165) is 30.6 Å². The Hall–Kier alpha value is -1.87. The lowest BCUT2D eigenvalue weighted by Gasteiger charge is -2.27. The van der Waals surface area contributed by atoms with Gasteiger partial charge in [-0.1, -0.05) is 24.3 Å². The Morgan fingerprint density at radius 3 is 2.90 bits per heavy atom. The van der Waals surface area contributed by atoms with E-state index in [9.17, 15) is 4.39 Å². The minimum atomic E-state index is -0.143. The summed E-state index contributed by atoms with van der Waals surface area (Å²) in [6.07, 6.45) is 3.33. The molecule has 3 rings (SSSR count). The van der Waals surface area contributed by atoms with Crippen molar-refractivity contribution >= 4 is 0 Å². The summed E-state index contributed by atoms with van der Waals surface area (Å²) in [6, 6.07) is 13.5. The zero-order valence-electron chi connectivity index (χ0n) is 12.2. The molecule has 0 spiro atoms. The van der Waals surface area contributed by atoms with E-state index in [-0.39, 0.29) is 5.82 Å². The van der Waals surface area contributed by atoms with E-state index in [4.69, 9.17) is 4.74 Å². The SMILES string of the molecule is COc1ccc2c(c1)CCCC2NCc1ccccc1F. The molecular formula is C18H20FNO. The van der Waals surface area contributed by atoms with Crippen LogP contribution in [0.2, 0.25) is 0 Å². The highest BCUT2D eigenvalue weighted by molar-refractivity contribution is 5.39. The van der Waals surface area contributed by atoms with Gasteiger partial charge < -0.3 is 10.1 Å². The number of hydrogen-bond donors (Lipinski definition) is 1. The highest BCUT2D eigenvalue weighted by atomic mass is 19.1. The maximum absolute atomic E-state index is 13.7. The third kappa shape index (κ3) is 3.08. The molecule has 1 aliphatic carbocycles. The Morgan fingerprint density at radius 2 is 2.10 bits per heavy atom. The van der Waals surface area contributed by atoms with E-state index in [2.05, 4.69) is 17.4 Å². The van der Waals surface area contributed by atoms with Gasteiger partial charge in [0.05, 0.1) is 7.11 Å². The van der Waals surface area contributed by atoms with Crippen molar-refractivity contribution in [1.82, 2.24) is 5.32 Å². The van der Waals surface area contributed by atoms with Crippen molar-refractivity contribution in [3.05, 3.63) is 65.0 Å². The lowest BCUT2D eigenvalue weighted by molar-refractivity contribution is 0.410. The number of halogens is 1. The number of fused-ring (bicyclic) bond motifs is 1. The molecule has 1 unspecified atom stereocenters. The van der Waals surface area contributed by atoms with Gasteiger partial charge in [0.1, 0.15) is 11.6 Å². The molecule has 0 heterocycles. The quantitative estimate of drug-likeness (QED) is 0.916. The molecule has 0 aromatic heterocycles. The predicted molar refractivity (Wildman–Crippen MR) is 81.9 cm³/mol. The standard InChI is InChI=1S/C18H20FNO/c1-21-15-9-10-16-13(11-15)6-4-8-18(16)20-12-14-5-2-3-7-17(14)19/h2-3,5,7,9-11,18,20H,4,6,8,12H2,1H3. The topological polar surface area (TPSA) is 21.3 Å². The van der Waals surface area contributed by atoms with E-state index in [0.29, 0.717) is 12.6 Å². The maximum Gasteiger partial charge on any atom is 0.127 e. The number of hydrogen-bond acceptors (Lipinski definition) is 2. The van der Waals surface area contributed by atoms with Crippen molar-refractivity contribution in [1.29, 1.82) is 0 Å². The number of aryl methyl sites for hydroxylation is 1. The maximum atomic E-state index is 13.7. The lowest BCUT2D eigenvalue weighted by Crippen LogP contribution is -2.25. The second-order valence-corrected chi connectivity index (χ2v) is 5.48. The minimum Gasteiger partial charge on any atom is -0.497 e. The third-order valence-corrected chi connectivity index (χ3v) is 4.16. The van der Waals surface area contributed by atoms with Crippen molar-refractivity contribution in [2.75, 3.05) is 7.11 Å². The van der Waals surface area contributed by atoms with Crippen molar-refractivity contribution in [3.63, 3.8) is 0 Å². The van der Waals surface area contributed by atoms with Gasteiger partial charge in [0.25, 0.3) is 0 Å². The fraction of sp³-hybridized carbons (Fsp3) is 0.333. The number of nitrogens with one attached hydrogen (secondary N) is 1. The normalized spacial score (nSPS) is 17.3. The summed E-state index contributed by atoms with van der Waals surface area (Å²) >= 11 is 0. The van der Waals surface area contributed by atoms with Crippen molar-refractivity contribution in [2.24, 2.45) is 0 Å². The highest BCUT2D eigenvalue weighted by Crippen LogP contribution is 2.32. The Kier molecular flexibility index (Phi) is 4.20. The molecule has 1 N–H and O–H groups in total. The average Bonchev–Trinajstić information content (AvgIpc) is 2.53. The number of rotatable bonds is 4. The number of ether oxygens (including phenoxy) is 1. The minimum absolute atomic E-state index is 0.143. The monoisotopic (exact) mass is 285 g/mol. The summed E-state index contributed by atoms with van der Waals surface area (Å²) < 4.78 is 19.0. The molecule has 2 aromatic carbocycles. The molecule has 1 atom stereocenters. The summed E-state index contributed by atoms with van der Waals surface area (Å²) in [5, 5.41) is 3.49. The van der Waals surface area contributed by atoms with Crippen molar-refractivity contribution < 1.29 is 9.13 Å². The first-order valence-corrected chi connectivity index (χ1v) is 7.41. The Balaban J connectivity index is 1.75. The van der Waals surface area contributed by atoms with Crippen LogP contribution in [0.3, 0.4) is 0 Å². The van der Waals surface area contributed by atoms with Crippen LogP contribution in [0.1, 0.15) is 35.6 Å². The van der Waals surface area contributed by atoms with Crippen LogP contribution >= 0.6 is 0 Å². The summed E-state index contributed by atoms with van der Waals surface area (Å²) in [5.74, 6) is 0.763. The first kappa shape index (κ1) is 14.1. The zero-order valence-corrected chi connectivity index (χ0v) is 12.2. The third-order valence-electron chi connectivity index (χ3n) is 4.16. The highest BCUT2D eigenvalue weighted by Gasteiger charge is 2.20. The molecule has 0 aliphatic heterocycles. The summed E-state index contributed by atoms with van der Waals surface area (Å²) in [4.78, 5) is 0. The molecule has 0 bridgehead atoms. The summed E-state index contributed by atoms with van der Waals surface area (Å²) in [5.41, 5.74) is 3.38. The second-order valence-electron chi connectivity index (χ2n) is 5.48. The van der Waals surface area contributed by atoms with Gasteiger partial charge in [0.2, 0.25) is 0 Å². The van der Waals surface area contributed by atoms with Crippen molar-refractivity contribution in [3.8, 4) is 5.75 Å². The number of benzene rings is 2. The number of methoxy groups -OCH3 is 1. The van der Waals surface area contributed by atoms with Gasteiger partial charge in [0.15, 0.2) is 0 Å². The largest absolute Gasteiger partial charge is 0.497 e. The molecule has 0 radical (unpaired) electrons. The van der Waals surface area contributed by atoms with Crippen LogP contribution < -0.4 is 10.1 Å². The first-order chi connectivity index (χ1) is 10.3. The molecule has 0 saturated heterocycles. The van der Waals surface area contributed by atoms with Gasteiger partial charge in [-0.05, 0) is 48.6 Å². The van der Waals surface area contributed by atoms with Crippen molar-refractivity contribution in [2.45, 2.75) is 31.8 Å². The van der Waals surface area contributed by atoms with Gasteiger partial charge in [0, 0.05) is 18.2 Å². The van der Waals surface area contributed by atoms with Crippen LogP contribution in [0.5, 0.6) is 5.75 Å². The van der Waals surface area contributed by atoms with Crippen LogP contribution in [0.4, 0.5) is 4.39 Å². The van der Waals surface area contributed by atoms with Gasteiger partial charge in [-0.3, -0.25) is 0 Å². The average molecular weight is 285 g/mol. The van der Waals surface area contributed by atoms with Crippen LogP contribution in [0.15, 0.2) is 42.5 Å². The molecule has 110 valence electrons. The van der Waals surface area contributed by atoms with Gasteiger partial charge in [-0.25, -0.2) is 4.39 Å². The zero-order chi connectivity index (χ0) is 14.7. The predicted octanol–water partition coefficient (Wildman–Crippen LogP) is 4.00. The van der Waals surface area contributed by atoms with E-state index < -0.39 is 0 Å². The Bertz CT molecular complexity index is 626. The van der Waals surface area contributed by atoms with Gasteiger partial charge in [-0.15, -0.1) is 0 Å². The summed E-state index contributed by atoms with van der Waals surface area (Å²) in [6.45, 7) is 0.558. The molecular weight excluding hydrogens is 265 g/mol. The fourth-order valence-electron chi connectivity index (χ4n) is 3.00. The Morgan fingerprint density at radius 1 is 1.24 bits per heavy atom. The second kappa shape index (κ2) is 6.27.